The van der Waals surface area contributed by atoms with Gasteiger partial charge < -0.3 is 9.47 Å². The molecular formula is C56H50N8O2S. The third kappa shape index (κ3) is 7.96. The summed E-state index contributed by atoms with van der Waals surface area (Å²) < 4.78 is 30.0. The molecule has 10 nitrogen and oxygen atoms in total. The highest BCUT2D eigenvalue weighted by atomic mass is 32.2. The molecule has 11 heteroatoms. The lowest BCUT2D eigenvalue weighted by Crippen LogP contribution is -2.39. The summed E-state index contributed by atoms with van der Waals surface area (Å²) in [6, 6.07) is 66.1. The molecule has 0 aliphatic carbocycles. The van der Waals surface area contributed by atoms with Gasteiger partial charge in [0.05, 0.1) is 22.4 Å². The van der Waals surface area contributed by atoms with Crippen molar-refractivity contribution >= 4 is 50.1 Å². The first kappa shape index (κ1) is 43.2. The molecule has 0 saturated carbocycles. The van der Waals surface area contributed by atoms with E-state index in [0.29, 0.717) is 23.7 Å². The van der Waals surface area contributed by atoms with Crippen LogP contribution in [0.5, 0.6) is 0 Å². The second kappa shape index (κ2) is 18.6. The Morgan fingerprint density at radius 1 is 0.642 bits per heavy atom. The van der Waals surface area contributed by atoms with E-state index < -0.39 is 16.8 Å². The highest BCUT2D eigenvalue weighted by molar-refractivity contribution is 7.81. The number of imidazole rings is 1. The van der Waals surface area contributed by atoms with Crippen LogP contribution >= 0.6 is 0 Å². The summed E-state index contributed by atoms with van der Waals surface area (Å²) in [6.07, 6.45) is 2.83. The van der Waals surface area contributed by atoms with Gasteiger partial charge in [-0.3, -0.25) is 4.55 Å². The Labute approximate surface area is 393 Å². The molecule has 10 aromatic rings. The fourth-order valence-corrected chi connectivity index (χ4v) is 10.2. The lowest BCUT2D eigenvalue weighted by Gasteiger charge is -2.36. The summed E-state index contributed by atoms with van der Waals surface area (Å²) in [4.78, 5) is 7.18. The lowest BCUT2D eigenvalue weighted by atomic mass is 9.77. The van der Waals surface area contributed by atoms with E-state index in [4.69, 9.17) is 15.3 Å². The molecule has 1 unspecified atom stereocenters. The van der Waals surface area contributed by atoms with E-state index in [1.54, 1.807) is 0 Å². The van der Waals surface area contributed by atoms with E-state index in [0.717, 1.165) is 91.5 Å². The number of nitrogens with zero attached hydrogens (tertiary/aromatic N) is 8. The van der Waals surface area contributed by atoms with E-state index in [1.165, 1.54) is 4.31 Å². The second-order valence-electron chi connectivity index (χ2n) is 16.9. The minimum Gasteiger partial charge on any atom is -0.377 e. The summed E-state index contributed by atoms with van der Waals surface area (Å²) in [5.41, 5.74) is 10.2. The molecular weight excluding hydrogens is 849 g/mol. The van der Waals surface area contributed by atoms with Gasteiger partial charge in [0.25, 0.3) is 11.3 Å². The van der Waals surface area contributed by atoms with Crippen molar-refractivity contribution in [2.75, 3.05) is 23.3 Å². The molecule has 332 valence electrons. The Morgan fingerprint density at radius 3 is 1.82 bits per heavy atom. The van der Waals surface area contributed by atoms with E-state index in [-0.39, 0.29) is 0 Å². The molecule has 0 aliphatic heterocycles. The quantitative estimate of drug-likeness (QED) is 0.0807. The van der Waals surface area contributed by atoms with Gasteiger partial charge >= 0.3 is 0 Å². The molecule has 67 heavy (non-hydrogen) atoms. The molecule has 2 heterocycles. The predicted molar refractivity (Wildman–Crippen MR) is 272 cm³/mol. The van der Waals surface area contributed by atoms with Gasteiger partial charge in [-0.1, -0.05) is 177 Å². The van der Waals surface area contributed by atoms with Gasteiger partial charge in [0, 0.05) is 49.1 Å². The average molecular weight is 899 g/mol. The van der Waals surface area contributed by atoms with E-state index in [1.807, 2.05) is 91.6 Å². The molecule has 1 N–H and O–H groups in total. The number of hydrogen-bond acceptors (Lipinski definition) is 6. The summed E-state index contributed by atoms with van der Waals surface area (Å²) in [5, 5.41) is 15.8. The highest BCUT2D eigenvalue weighted by Gasteiger charge is 2.42. The van der Waals surface area contributed by atoms with Gasteiger partial charge in [0.15, 0.2) is 5.82 Å². The number of aromatic nitrogens is 6. The standard InChI is InChI=1S/C56H50N8O2S/c1-4-5-31-54-57-50-37-36-45(63(67(65)66)52-30-18-27-47-48(52)28-17-29-51(47)61(2)3)38-53(50)62(54)39-40-32-34-41(35-33-40)46-25-15-16-26-49(46)55-58-59-60-64(55)56(42-19-9-6-10-20-42,43-21-11-7-12-22-43)44-23-13-8-14-24-44/h6-30,32-38H,4-5,31,39H2,1-3H3,(H,65,66). The van der Waals surface area contributed by atoms with Crippen LogP contribution in [0.4, 0.5) is 17.1 Å². The number of aryl methyl sites for hydroxylation is 1. The number of hydrogen-bond donors (Lipinski definition) is 1. The number of benzene rings is 8. The number of tetrazole rings is 1. The third-order valence-electron chi connectivity index (χ3n) is 12.7. The molecule has 0 aliphatic rings. The van der Waals surface area contributed by atoms with Gasteiger partial charge in [-0.15, -0.1) is 5.10 Å². The molecule has 8 aromatic carbocycles. The third-order valence-corrected chi connectivity index (χ3v) is 13.4. The van der Waals surface area contributed by atoms with Gasteiger partial charge in [0.1, 0.15) is 11.4 Å². The Morgan fingerprint density at radius 2 is 1.22 bits per heavy atom. The number of fused-ring (bicyclic) bond motifs is 2. The van der Waals surface area contributed by atoms with Crippen LogP contribution in [0.1, 0.15) is 47.8 Å². The van der Waals surface area contributed by atoms with E-state index >= 15 is 0 Å². The van der Waals surface area contributed by atoms with Crippen LogP contribution in [0.2, 0.25) is 0 Å². The Kier molecular flexibility index (Phi) is 12.0. The summed E-state index contributed by atoms with van der Waals surface area (Å²) in [5.74, 6) is 1.61. The first-order valence-corrected chi connectivity index (χ1v) is 23.7. The maximum Gasteiger partial charge on any atom is 0.266 e. The first-order chi connectivity index (χ1) is 32.9. The van der Waals surface area contributed by atoms with E-state index in [9.17, 15) is 8.76 Å². The van der Waals surface area contributed by atoms with Crippen LogP contribution < -0.4 is 9.21 Å². The van der Waals surface area contributed by atoms with Crippen molar-refractivity contribution in [2.24, 2.45) is 0 Å². The van der Waals surface area contributed by atoms with Crippen molar-refractivity contribution in [3.05, 3.63) is 222 Å². The fraction of sp³-hybridized carbons (Fsp3) is 0.143. The smallest absolute Gasteiger partial charge is 0.266 e. The largest absolute Gasteiger partial charge is 0.377 e. The molecule has 2 aromatic heterocycles. The molecule has 0 bridgehead atoms. The van der Waals surface area contributed by atoms with Gasteiger partial charge in [-0.2, -0.15) is 0 Å². The molecule has 10 rings (SSSR count). The Hall–Kier alpha value is -7.73. The molecule has 0 fully saturated rings. The van der Waals surface area contributed by atoms with E-state index in [2.05, 4.69) is 143 Å². The van der Waals surface area contributed by atoms with Crippen LogP contribution in [0, 0.1) is 0 Å². The first-order valence-electron chi connectivity index (χ1n) is 22.6. The summed E-state index contributed by atoms with van der Waals surface area (Å²) in [6.45, 7) is 2.75. The molecule has 0 saturated heterocycles. The lowest BCUT2D eigenvalue weighted by molar-refractivity contribution is 0.451. The van der Waals surface area contributed by atoms with Crippen molar-refractivity contribution in [3.63, 3.8) is 0 Å². The van der Waals surface area contributed by atoms with Crippen LogP contribution in [-0.4, -0.2) is 52.6 Å². The summed E-state index contributed by atoms with van der Waals surface area (Å²) >= 11 is -2.36. The van der Waals surface area contributed by atoms with Gasteiger partial charge in [-0.25, -0.2) is 18.2 Å². The molecule has 1 atom stereocenters. The Balaban J connectivity index is 1.04. The second-order valence-corrected chi connectivity index (χ2v) is 17.8. The normalized spacial score (nSPS) is 12.1. The zero-order valence-corrected chi connectivity index (χ0v) is 38.5. The van der Waals surface area contributed by atoms with Crippen LogP contribution in [-0.2, 0) is 29.8 Å². The minimum atomic E-state index is -2.36. The predicted octanol–water partition coefficient (Wildman–Crippen LogP) is 12.1. The monoisotopic (exact) mass is 898 g/mol. The van der Waals surface area contributed by atoms with Gasteiger partial charge in [-0.05, 0) is 80.6 Å². The average Bonchev–Trinajstić information content (AvgIpc) is 3.99. The van der Waals surface area contributed by atoms with Crippen LogP contribution in [0.25, 0.3) is 44.3 Å². The minimum absolute atomic E-state index is 0.565. The van der Waals surface area contributed by atoms with Crippen LogP contribution in [0.15, 0.2) is 194 Å². The highest BCUT2D eigenvalue weighted by Crippen LogP contribution is 2.44. The SMILES string of the molecule is CCCCc1nc2ccc(N(c3cccc4c(N(C)C)cccc34)S(=O)O)cc2n1Cc1ccc(-c2ccccc2-c2nnnn2C(c2ccccc2)(c2ccccc2)c2ccccc2)cc1. The Bertz CT molecular complexity index is 3240. The molecule has 0 spiro atoms. The maximum absolute atomic E-state index is 13.3. The van der Waals surface area contributed by atoms with Crippen LogP contribution in [0.3, 0.4) is 0 Å². The van der Waals surface area contributed by atoms with Crippen molar-refractivity contribution in [1.82, 2.24) is 29.8 Å². The van der Waals surface area contributed by atoms with Crippen molar-refractivity contribution < 1.29 is 8.76 Å². The summed E-state index contributed by atoms with van der Waals surface area (Å²) in [7, 11) is 4.00. The van der Waals surface area contributed by atoms with Crippen molar-refractivity contribution in [2.45, 2.75) is 38.3 Å². The number of unbranched alkanes of at least 4 members (excludes halogenated alkanes) is 1. The molecule has 0 amide bonds. The topological polar surface area (TPSA) is 105 Å². The number of rotatable bonds is 15. The zero-order valence-electron chi connectivity index (χ0n) is 37.6. The van der Waals surface area contributed by atoms with Crippen molar-refractivity contribution in [3.8, 4) is 22.5 Å². The molecule has 0 radical (unpaired) electrons. The zero-order chi connectivity index (χ0) is 45.9. The fourth-order valence-electron chi connectivity index (χ4n) is 9.53. The van der Waals surface area contributed by atoms with Gasteiger partial charge in [0.2, 0.25) is 0 Å². The number of anilines is 3. The maximum atomic E-state index is 13.3. The van der Waals surface area contributed by atoms with Crippen molar-refractivity contribution in [1.29, 1.82) is 0 Å².